The topological polar surface area (TPSA) is 188 Å². The quantitative estimate of drug-likeness (QED) is 0.0249. The Morgan fingerprint density at radius 2 is 0.871 bits per heavy atom. The predicted octanol–water partition coefficient (Wildman–Crippen LogP) is 10.1. The summed E-state index contributed by atoms with van der Waals surface area (Å²) >= 11 is 0. The summed E-state index contributed by atoms with van der Waals surface area (Å²) in [7, 11) is -1.95. The van der Waals surface area contributed by atoms with E-state index in [1.165, 1.54) is 0 Å². The molecular formula is C70H78N4O10Si. The molecule has 1 saturated heterocycles. The summed E-state index contributed by atoms with van der Waals surface area (Å²) in [5, 5.41) is 42.2. The number of aromatic nitrogens is 4. The van der Waals surface area contributed by atoms with Gasteiger partial charge in [-0.15, -0.1) is 31.9 Å². The second kappa shape index (κ2) is 30.9. The SMILES string of the molecule is C=CCCOc1cc(C#Cc2cc(OCCC=C)cc(C#Cc3cc(OCCC=C)cc(C#C[Si](C)(C)C(C)(C)C)n3)n2)nc(C#Cc2cc(OCCC=C)cc(C#Cc3cc(CC)cc(C(C)(C)C)c3O[C@@H]3O[C@H](CO)[C@@H](O)[C@H](O)[C@H]3O)n2)c1. The van der Waals surface area contributed by atoms with Gasteiger partial charge in [0.2, 0.25) is 6.29 Å². The molecule has 0 saturated carbocycles. The molecule has 442 valence electrons. The van der Waals surface area contributed by atoms with E-state index in [1.807, 2.05) is 45.9 Å². The monoisotopic (exact) mass is 1160 g/mol. The molecule has 4 N–H and O–H groups in total. The smallest absolute Gasteiger partial charge is 0.229 e. The minimum atomic E-state index is -1.95. The van der Waals surface area contributed by atoms with Crippen LogP contribution in [0.5, 0.6) is 28.7 Å². The molecule has 5 atom stereocenters. The fourth-order valence-electron chi connectivity index (χ4n) is 7.78. The van der Waals surface area contributed by atoms with Crippen molar-refractivity contribution in [3.8, 4) is 87.6 Å². The summed E-state index contributed by atoms with van der Waals surface area (Å²) in [6, 6.07) is 17.9. The van der Waals surface area contributed by atoms with Gasteiger partial charge in [0, 0.05) is 54.1 Å². The molecule has 6 rings (SSSR count). The number of hydrogen-bond acceptors (Lipinski definition) is 14. The molecule has 1 aliphatic rings. The number of rotatable bonds is 20. The number of hydrogen-bond donors (Lipinski definition) is 4. The molecule has 0 amide bonds. The summed E-state index contributed by atoms with van der Waals surface area (Å²) in [4.78, 5) is 19.2. The van der Waals surface area contributed by atoms with E-state index >= 15 is 0 Å². The molecule has 1 aromatic carbocycles. The van der Waals surface area contributed by atoms with Crippen LogP contribution >= 0.6 is 0 Å². The first-order chi connectivity index (χ1) is 40.6. The highest BCUT2D eigenvalue weighted by Crippen LogP contribution is 2.38. The number of aryl methyl sites for hydroxylation is 1. The van der Waals surface area contributed by atoms with E-state index in [4.69, 9.17) is 48.4 Å². The summed E-state index contributed by atoms with van der Waals surface area (Å²) < 4.78 is 36.6. The Morgan fingerprint density at radius 1 is 0.518 bits per heavy atom. The third-order valence-corrected chi connectivity index (χ3v) is 18.2. The molecule has 4 aromatic heterocycles. The van der Waals surface area contributed by atoms with Crippen LogP contribution in [0.25, 0.3) is 0 Å². The summed E-state index contributed by atoms with van der Waals surface area (Å²) in [6.45, 7) is 35.4. The van der Waals surface area contributed by atoms with E-state index in [9.17, 15) is 20.4 Å². The molecule has 85 heavy (non-hydrogen) atoms. The minimum Gasteiger partial charge on any atom is -0.493 e. The van der Waals surface area contributed by atoms with Gasteiger partial charge in [-0.1, -0.05) is 104 Å². The highest BCUT2D eigenvalue weighted by atomic mass is 28.3. The molecule has 1 fully saturated rings. The van der Waals surface area contributed by atoms with Crippen LogP contribution in [0.15, 0.2) is 111 Å². The van der Waals surface area contributed by atoms with Crippen molar-refractivity contribution < 1.29 is 48.8 Å². The van der Waals surface area contributed by atoms with E-state index < -0.39 is 50.8 Å². The van der Waals surface area contributed by atoms with Crippen molar-refractivity contribution in [1.82, 2.24) is 19.9 Å². The maximum Gasteiger partial charge on any atom is 0.229 e. The van der Waals surface area contributed by atoms with Crippen LogP contribution in [-0.4, -0.2) is 112 Å². The van der Waals surface area contributed by atoms with Gasteiger partial charge < -0.3 is 48.8 Å². The maximum atomic E-state index is 11.0. The minimum absolute atomic E-state index is 0.0652. The number of nitrogens with zero attached hydrogens (tertiary/aromatic N) is 4. The molecule has 0 aliphatic carbocycles. The van der Waals surface area contributed by atoms with Gasteiger partial charge in [0.15, 0.2) is 0 Å². The standard InChI is InChI=1S/C70H78N4O10Si/c1-14-19-32-79-58-39-50(24-23-49-37-48(18-5)38-62(69(6,7)8)67(49)84-68-66(78)65(77)64(76)63(47-75)83-68)71-51(40-58)25-26-52-41-59(80-33-20-15-2)42-53(72-52)27-28-54-43-60(81-34-21-16-3)44-55(73-54)29-30-56-45-61(82-35-22-17-4)46-57(74-56)31-36-85(12,13)70(9,10)11/h14-17,37-46,63-66,68,75-78H,1-4,18-22,32-35,47H2,5-13H3/t63-,64-,65+,66-,68+/m1/s1. The van der Waals surface area contributed by atoms with Crippen molar-refractivity contribution in [3.05, 3.63) is 174 Å². The second-order valence-electron chi connectivity index (χ2n) is 22.6. The van der Waals surface area contributed by atoms with Crippen LogP contribution in [0.2, 0.25) is 18.1 Å². The van der Waals surface area contributed by atoms with Crippen LogP contribution in [-0.2, 0) is 16.6 Å². The summed E-state index contributed by atoms with van der Waals surface area (Å²) in [5.41, 5.74) is 8.37. The highest BCUT2D eigenvalue weighted by molar-refractivity contribution is 6.87. The fourth-order valence-corrected chi connectivity index (χ4v) is 8.60. The van der Waals surface area contributed by atoms with Gasteiger partial charge in [0.1, 0.15) is 107 Å². The van der Waals surface area contributed by atoms with Crippen LogP contribution in [0.1, 0.15) is 136 Å². The van der Waals surface area contributed by atoms with Crippen molar-refractivity contribution in [2.75, 3.05) is 33.0 Å². The largest absolute Gasteiger partial charge is 0.493 e. The second-order valence-corrected chi connectivity index (χ2v) is 27.6. The third-order valence-electron chi connectivity index (χ3n) is 13.7. The third kappa shape index (κ3) is 19.6. The first-order valence-corrected chi connectivity index (χ1v) is 31.4. The molecule has 14 nitrogen and oxygen atoms in total. The molecule has 1 aliphatic heterocycles. The Labute approximate surface area is 503 Å². The molecule has 5 heterocycles. The average molecular weight is 1160 g/mol. The van der Waals surface area contributed by atoms with E-state index in [1.54, 1.807) is 66.8 Å². The zero-order chi connectivity index (χ0) is 61.7. The van der Waals surface area contributed by atoms with Crippen molar-refractivity contribution >= 4 is 8.07 Å². The van der Waals surface area contributed by atoms with Crippen molar-refractivity contribution in [3.63, 3.8) is 0 Å². The van der Waals surface area contributed by atoms with Gasteiger partial charge in [0.25, 0.3) is 0 Å². The van der Waals surface area contributed by atoms with Gasteiger partial charge in [0.05, 0.1) is 38.6 Å². The summed E-state index contributed by atoms with van der Waals surface area (Å²) in [5.74, 6) is 31.1. The van der Waals surface area contributed by atoms with E-state index in [2.05, 4.69) is 119 Å². The average Bonchev–Trinajstić information content (AvgIpc) is 2.55. The maximum absolute atomic E-state index is 11.0. The predicted molar refractivity (Wildman–Crippen MR) is 335 cm³/mol. The Kier molecular flexibility index (Phi) is 23.9. The molecule has 0 spiro atoms. The van der Waals surface area contributed by atoms with Crippen LogP contribution < -0.4 is 23.7 Å². The fraction of sp³-hybridized carbons (Fsp3) is 0.371. The number of benzene rings is 1. The van der Waals surface area contributed by atoms with Crippen LogP contribution in [0.3, 0.4) is 0 Å². The summed E-state index contributed by atoms with van der Waals surface area (Å²) in [6.07, 6.45) is 2.78. The van der Waals surface area contributed by atoms with Crippen LogP contribution in [0.4, 0.5) is 0 Å². The Hall–Kier alpha value is -8.40. The molecule has 0 bridgehead atoms. The Balaban J connectivity index is 1.40. The van der Waals surface area contributed by atoms with Crippen molar-refractivity contribution in [1.29, 1.82) is 0 Å². The molecular weight excluding hydrogens is 1080 g/mol. The zero-order valence-corrected chi connectivity index (χ0v) is 51.4. The molecule has 0 unspecified atom stereocenters. The normalized spacial score (nSPS) is 16.3. The van der Waals surface area contributed by atoms with Crippen LogP contribution in [0, 0.1) is 58.8 Å². The van der Waals surface area contributed by atoms with Gasteiger partial charge in [-0.3, -0.25) is 0 Å². The Bertz CT molecular complexity index is 3540. The molecule has 15 heteroatoms. The number of aliphatic hydroxyl groups is 4. The van der Waals surface area contributed by atoms with Gasteiger partial charge >= 0.3 is 0 Å². The number of aliphatic hydroxyl groups excluding tert-OH is 4. The zero-order valence-electron chi connectivity index (χ0n) is 50.4. The first-order valence-electron chi connectivity index (χ1n) is 28.4. The van der Waals surface area contributed by atoms with Crippen molar-refractivity contribution in [2.45, 2.75) is 135 Å². The lowest BCUT2D eigenvalue weighted by Gasteiger charge is -2.40. The lowest BCUT2D eigenvalue weighted by atomic mass is 9.83. The molecule has 0 radical (unpaired) electrons. The lowest BCUT2D eigenvalue weighted by Crippen LogP contribution is -2.60. The van der Waals surface area contributed by atoms with Crippen molar-refractivity contribution in [2.24, 2.45) is 0 Å². The number of ether oxygens (including phenoxy) is 6. The molecule has 5 aromatic rings. The van der Waals surface area contributed by atoms with E-state index in [0.717, 1.165) is 11.1 Å². The van der Waals surface area contributed by atoms with Gasteiger partial charge in [-0.25, -0.2) is 19.9 Å². The first kappa shape index (κ1) is 65.7. The number of pyridine rings is 4. The highest BCUT2D eigenvalue weighted by Gasteiger charge is 2.45. The van der Waals surface area contributed by atoms with Gasteiger partial charge in [-0.05, 0) is 95.6 Å². The van der Waals surface area contributed by atoms with Gasteiger partial charge in [-0.2, -0.15) is 0 Å². The Morgan fingerprint density at radius 3 is 1.19 bits per heavy atom. The van der Waals surface area contributed by atoms with E-state index in [-0.39, 0.29) is 5.04 Å². The van der Waals surface area contributed by atoms with E-state index in [0.29, 0.717) is 138 Å². The lowest BCUT2D eigenvalue weighted by molar-refractivity contribution is -0.277.